The minimum Gasteiger partial charge on any atom is -0.312 e. The molecule has 0 saturated heterocycles. The molecule has 0 amide bonds. The molecule has 1 aliphatic carbocycles. The summed E-state index contributed by atoms with van der Waals surface area (Å²) in [4.78, 5) is 4.41. The van der Waals surface area contributed by atoms with Crippen molar-refractivity contribution in [3.8, 4) is 0 Å². The van der Waals surface area contributed by atoms with E-state index in [9.17, 15) is 0 Å². The van der Waals surface area contributed by atoms with Gasteiger partial charge in [0.15, 0.2) is 0 Å². The highest BCUT2D eigenvalue weighted by Crippen LogP contribution is 2.49. The number of nitrogens with one attached hydrogen (secondary N) is 1. The highest BCUT2D eigenvalue weighted by atomic mass is 14.9. The van der Waals surface area contributed by atoms with Crippen LogP contribution in [0, 0.1) is 6.92 Å². The standard InChI is InChI=1S/C19H24N2/c1-15-12-16(14-21-13-15)18(20-2)19(10-6-7-11-19)17-8-4-3-5-9-17/h3-5,8-9,12-14,18,20H,6-7,10-11H2,1-2H3. The average molecular weight is 280 g/mol. The van der Waals surface area contributed by atoms with Gasteiger partial charge < -0.3 is 5.32 Å². The Bertz CT molecular complexity index is 586. The van der Waals surface area contributed by atoms with Crippen LogP contribution in [0.5, 0.6) is 0 Å². The molecule has 1 aliphatic rings. The molecule has 1 saturated carbocycles. The maximum atomic E-state index is 4.41. The van der Waals surface area contributed by atoms with Gasteiger partial charge in [0.25, 0.3) is 0 Å². The molecule has 0 bridgehead atoms. The maximum Gasteiger partial charge on any atom is 0.0431 e. The lowest BCUT2D eigenvalue weighted by atomic mass is 9.70. The predicted molar refractivity (Wildman–Crippen MR) is 87.4 cm³/mol. The summed E-state index contributed by atoms with van der Waals surface area (Å²) >= 11 is 0. The highest BCUT2D eigenvalue weighted by molar-refractivity contribution is 5.34. The van der Waals surface area contributed by atoms with Gasteiger partial charge in [-0.3, -0.25) is 4.98 Å². The first-order chi connectivity index (χ1) is 10.3. The molecule has 1 N–H and O–H groups in total. The molecule has 1 atom stereocenters. The van der Waals surface area contributed by atoms with Gasteiger partial charge in [0, 0.05) is 23.9 Å². The summed E-state index contributed by atoms with van der Waals surface area (Å²) in [6.45, 7) is 2.12. The van der Waals surface area contributed by atoms with Crippen molar-refractivity contribution < 1.29 is 0 Å². The Labute approximate surface area is 127 Å². The summed E-state index contributed by atoms with van der Waals surface area (Å²) in [7, 11) is 2.08. The first kappa shape index (κ1) is 14.3. The second-order valence-corrected chi connectivity index (χ2v) is 6.25. The topological polar surface area (TPSA) is 24.9 Å². The van der Waals surface area contributed by atoms with Crippen LogP contribution < -0.4 is 5.32 Å². The minimum absolute atomic E-state index is 0.200. The number of pyridine rings is 1. The lowest BCUT2D eigenvalue weighted by Crippen LogP contribution is -2.38. The highest BCUT2D eigenvalue weighted by Gasteiger charge is 2.42. The third kappa shape index (κ3) is 2.60. The molecule has 1 heterocycles. The molecule has 110 valence electrons. The van der Waals surface area contributed by atoms with E-state index in [2.05, 4.69) is 60.7 Å². The lowest BCUT2D eigenvalue weighted by Gasteiger charge is -2.38. The third-order valence-corrected chi connectivity index (χ3v) is 4.92. The van der Waals surface area contributed by atoms with E-state index >= 15 is 0 Å². The zero-order valence-electron chi connectivity index (χ0n) is 13.0. The van der Waals surface area contributed by atoms with Crippen LogP contribution in [0.3, 0.4) is 0 Å². The molecule has 0 radical (unpaired) electrons. The summed E-state index contributed by atoms with van der Waals surface area (Å²) in [5, 5.41) is 3.59. The first-order valence-electron chi connectivity index (χ1n) is 7.90. The van der Waals surface area contributed by atoms with Gasteiger partial charge in [-0.05, 0) is 43.5 Å². The molecule has 2 nitrogen and oxygen atoms in total. The SMILES string of the molecule is CNC(c1cncc(C)c1)C1(c2ccccc2)CCCC1. The van der Waals surface area contributed by atoms with Crippen LogP contribution in [0.15, 0.2) is 48.8 Å². The molecular formula is C19H24N2. The van der Waals surface area contributed by atoms with Crippen LogP contribution in [0.4, 0.5) is 0 Å². The number of hydrogen-bond donors (Lipinski definition) is 1. The Morgan fingerprint density at radius 1 is 1.10 bits per heavy atom. The fraction of sp³-hybridized carbons (Fsp3) is 0.421. The molecule has 1 unspecified atom stereocenters. The zero-order chi connectivity index (χ0) is 14.7. The van der Waals surface area contributed by atoms with Crippen molar-refractivity contribution in [2.24, 2.45) is 0 Å². The van der Waals surface area contributed by atoms with Gasteiger partial charge in [0.2, 0.25) is 0 Å². The lowest BCUT2D eigenvalue weighted by molar-refractivity contribution is 0.315. The molecule has 2 heteroatoms. The molecule has 21 heavy (non-hydrogen) atoms. The number of aryl methyl sites for hydroxylation is 1. The smallest absolute Gasteiger partial charge is 0.0431 e. The van der Waals surface area contributed by atoms with Crippen molar-refractivity contribution in [3.05, 3.63) is 65.5 Å². The summed E-state index contributed by atoms with van der Waals surface area (Å²) in [6, 6.07) is 13.6. The van der Waals surface area contributed by atoms with Crippen molar-refractivity contribution in [3.63, 3.8) is 0 Å². The first-order valence-corrected chi connectivity index (χ1v) is 7.90. The molecule has 1 aromatic carbocycles. The number of likely N-dealkylation sites (N-methyl/N-ethyl adjacent to an activating group) is 1. The second-order valence-electron chi connectivity index (χ2n) is 6.25. The Morgan fingerprint density at radius 3 is 2.43 bits per heavy atom. The Hall–Kier alpha value is -1.67. The van der Waals surface area contributed by atoms with Gasteiger partial charge in [0.1, 0.15) is 0 Å². The van der Waals surface area contributed by atoms with Crippen molar-refractivity contribution in [1.82, 2.24) is 10.3 Å². The van der Waals surface area contributed by atoms with E-state index < -0.39 is 0 Å². The minimum atomic E-state index is 0.200. The van der Waals surface area contributed by atoms with E-state index in [1.54, 1.807) is 0 Å². The number of benzene rings is 1. The molecule has 0 spiro atoms. The van der Waals surface area contributed by atoms with Gasteiger partial charge in [-0.15, -0.1) is 0 Å². The molecule has 1 fully saturated rings. The fourth-order valence-corrected chi connectivity index (χ4v) is 4.02. The van der Waals surface area contributed by atoms with Crippen molar-refractivity contribution in [2.45, 2.75) is 44.1 Å². The average Bonchev–Trinajstić information content (AvgIpc) is 3.00. The second kappa shape index (κ2) is 5.98. The van der Waals surface area contributed by atoms with E-state index in [-0.39, 0.29) is 5.41 Å². The maximum absolute atomic E-state index is 4.41. The normalized spacial score (nSPS) is 18.6. The summed E-state index contributed by atoms with van der Waals surface area (Å²) in [5.74, 6) is 0. The number of nitrogens with zero attached hydrogens (tertiary/aromatic N) is 1. The largest absolute Gasteiger partial charge is 0.312 e. The molecule has 3 rings (SSSR count). The summed E-state index contributed by atoms with van der Waals surface area (Å²) in [6.07, 6.45) is 9.07. The van der Waals surface area contributed by atoms with Gasteiger partial charge in [-0.2, -0.15) is 0 Å². The molecular weight excluding hydrogens is 256 g/mol. The summed E-state index contributed by atoms with van der Waals surface area (Å²) in [5.41, 5.74) is 4.20. The van der Waals surface area contributed by atoms with E-state index in [4.69, 9.17) is 0 Å². The van der Waals surface area contributed by atoms with Gasteiger partial charge >= 0.3 is 0 Å². The van der Waals surface area contributed by atoms with E-state index in [0.717, 1.165) is 0 Å². The van der Waals surface area contributed by atoms with Crippen molar-refractivity contribution >= 4 is 0 Å². The predicted octanol–water partition coefficient (Wildman–Crippen LogP) is 4.16. The van der Waals surface area contributed by atoms with Crippen LogP contribution in [-0.4, -0.2) is 12.0 Å². The quantitative estimate of drug-likeness (QED) is 0.909. The van der Waals surface area contributed by atoms with Crippen molar-refractivity contribution in [2.75, 3.05) is 7.05 Å². The van der Waals surface area contributed by atoms with E-state index in [1.807, 2.05) is 12.4 Å². The monoisotopic (exact) mass is 280 g/mol. The van der Waals surface area contributed by atoms with Crippen LogP contribution in [-0.2, 0) is 5.41 Å². The van der Waals surface area contributed by atoms with E-state index in [1.165, 1.54) is 42.4 Å². The van der Waals surface area contributed by atoms with Crippen LogP contribution in [0.1, 0.15) is 48.4 Å². The van der Waals surface area contributed by atoms with Crippen LogP contribution >= 0.6 is 0 Å². The van der Waals surface area contributed by atoms with Crippen molar-refractivity contribution in [1.29, 1.82) is 0 Å². The van der Waals surface area contributed by atoms with Crippen LogP contribution in [0.25, 0.3) is 0 Å². The van der Waals surface area contributed by atoms with Gasteiger partial charge in [-0.1, -0.05) is 49.2 Å². The van der Waals surface area contributed by atoms with Gasteiger partial charge in [0.05, 0.1) is 0 Å². The molecule has 0 aliphatic heterocycles. The number of aromatic nitrogens is 1. The zero-order valence-corrected chi connectivity index (χ0v) is 13.0. The summed E-state index contributed by atoms with van der Waals surface area (Å²) < 4.78 is 0. The third-order valence-electron chi connectivity index (χ3n) is 4.92. The Kier molecular flexibility index (Phi) is 4.07. The van der Waals surface area contributed by atoms with Gasteiger partial charge in [-0.25, -0.2) is 0 Å². The molecule has 1 aromatic heterocycles. The Morgan fingerprint density at radius 2 is 1.81 bits per heavy atom. The van der Waals surface area contributed by atoms with Crippen LogP contribution in [0.2, 0.25) is 0 Å². The number of rotatable bonds is 4. The fourth-order valence-electron chi connectivity index (χ4n) is 4.02. The molecule has 2 aromatic rings. The van der Waals surface area contributed by atoms with E-state index in [0.29, 0.717) is 6.04 Å². The number of hydrogen-bond acceptors (Lipinski definition) is 2. The Balaban J connectivity index is 2.07.